The predicted octanol–water partition coefficient (Wildman–Crippen LogP) is 1.67. The molecule has 1 saturated heterocycles. The standard InChI is InChI=1S/C18H23N3O5S/c1-27(25,26)14-7-5-13(6-8-14)19-15(22)9-12-21-16(23)18(20-17(21)24)10-3-2-4-11-18/h5-8H,2-4,9-12H2,1H3,(H,19,22)(H,20,24). The van der Waals surface area contributed by atoms with E-state index in [0.717, 1.165) is 30.4 Å². The van der Waals surface area contributed by atoms with Crippen molar-refractivity contribution in [2.45, 2.75) is 49.0 Å². The summed E-state index contributed by atoms with van der Waals surface area (Å²) < 4.78 is 22.9. The summed E-state index contributed by atoms with van der Waals surface area (Å²) in [6.45, 7) is 0.0136. The van der Waals surface area contributed by atoms with Gasteiger partial charge in [0.2, 0.25) is 5.91 Å². The molecule has 1 aromatic carbocycles. The first kappa shape index (κ1) is 19.3. The monoisotopic (exact) mass is 393 g/mol. The molecule has 2 aliphatic rings. The van der Waals surface area contributed by atoms with E-state index < -0.39 is 21.4 Å². The van der Waals surface area contributed by atoms with E-state index in [9.17, 15) is 22.8 Å². The van der Waals surface area contributed by atoms with Gasteiger partial charge in [-0.2, -0.15) is 0 Å². The maximum absolute atomic E-state index is 12.6. The number of carbonyl (C=O) groups is 3. The van der Waals surface area contributed by atoms with Crippen molar-refractivity contribution in [1.82, 2.24) is 10.2 Å². The minimum atomic E-state index is -3.30. The number of sulfone groups is 1. The smallest absolute Gasteiger partial charge is 0.325 e. The van der Waals surface area contributed by atoms with E-state index in [2.05, 4.69) is 10.6 Å². The van der Waals surface area contributed by atoms with Gasteiger partial charge in [-0.3, -0.25) is 14.5 Å². The quantitative estimate of drug-likeness (QED) is 0.739. The Kier molecular flexibility index (Phi) is 5.23. The summed E-state index contributed by atoms with van der Waals surface area (Å²) in [5.41, 5.74) is -0.332. The van der Waals surface area contributed by atoms with Gasteiger partial charge < -0.3 is 10.6 Å². The zero-order valence-electron chi connectivity index (χ0n) is 15.2. The Bertz CT molecular complexity index is 857. The highest BCUT2D eigenvalue weighted by atomic mass is 32.2. The van der Waals surface area contributed by atoms with E-state index in [1.54, 1.807) is 0 Å². The van der Waals surface area contributed by atoms with Gasteiger partial charge >= 0.3 is 6.03 Å². The Morgan fingerprint density at radius 2 is 1.78 bits per heavy atom. The number of nitrogens with one attached hydrogen (secondary N) is 2. The molecule has 9 heteroatoms. The lowest BCUT2D eigenvalue weighted by atomic mass is 9.82. The zero-order chi connectivity index (χ0) is 19.7. The van der Waals surface area contributed by atoms with Crippen LogP contribution in [0.25, 0.3) is 0 Å². The van der Waals surface area contributed by atoms with Gasteiger partial charge in [0, 0.05) is 24.9 Å². The van der Waals surface area contributed by atoms with Crippen molar-refractivity contribution in [3.63, 3.8) is 0 Å². The summed E-state index contributed by atoms with van der Waals surface area (Å²) in [5, 5.41) is 5.45. The topological polar surface area (TPSA) is 113 Å². The molecule has 4 amide bonds. The van der Waals surface area contributed by atoms with Crippen LogP contribution in [0.4, 0.5) is 10.5 Å². The fourth-order valence-corrected chi connectivity index (χ4v) is 4.23. The second-order valence-electron chi connectivity index (χ2n) is 7.12. The number of hydrogen-bond donors (Lipinski definition) is 2. The first-order valence-corrected chi connectivity index (χ1v) is 10.8. The molecule has 1 spiro atoms. The number of hydrogen-bond acceptors (Lipinski definition) is 5. The zero-order valence-corrected chi connectivity index (χ0v) is 16.0. The SMILES string of the molecule is CS(=O)(=O)c1ccc(NC(=O)CCN2C(=O)NC3(CCCCC3)C2=O)cc1. The van der Waals surface area contributed by atoms with E-state index >= 15 is 0 Å². The summed E-state index contributed by atoms with van der Waals surface area (Å²) in [7, 11) is -3.30. The molecule has 3 rings (SSSR count). The number of rotatable bonds is 5. The van der Waals surface area contributed by atoms with Gasteiger partial charge in [0.05, 0.1) is 4.90 Å². The van der Waals surface area contributed by atoms with Crippen molar-refractivity contribution >= 4 is 33.4 Å². The van der Waals surface area contributed by atoms with Gasteiger partial charge in [0.25, 0.3) is 5.91 Å². The third-order valence-electron chi connectivity index (χ3n) is 5.08. The molecule has 0 radical (unpaired) electrons. The van der Waals surface area contributed by atoms with Crippen LogP contribution in [0.1, 0.15) is 38.5 Å². The fourth-order valence-electron chi connectivity index (χ4n) is 3.60. The summed E-state index contributed by atoms with van der Waals surface area (Å²) in [5.74, 6) is -0.593. The number of carbonyl (C=O) groups excluding carboxylic acids is 3. The maximum Gasteiger partial charge on any atom is 0.325 e. The third kappa shape index (κ3) is 4.13. The lowest BCUT2D eigenvalue weighted by molar-refractivity contribution is -0.132. The normalized spacial score (nSPS) is 19.2. The van der Waals surface area contributed by atoms with E-state index in [4.69, 9.17) is 0 Å². The summed E-state index contributed by atoms with van der Waals surface area (Å²) >= 11 is 0. The predicted molar refractivity (Wildman–Crippen MR) is 98.9 cm³/mol. The van der Waals surface area contributed by atoms with E-state index in [-0.39, 0.29) is 29.7 Å². The molecule has 1 aliphatic carbocycles. The minimum absolute atomic E-state index is 0.0136. The van der Waals surface area contributed by atoms with E-state index in [0.29, 0.717) is 18.5 Å². The molecule has 27 heavy (non-hydrogen) atoms. The highest BCUT2D eigenvalue weighted by molar-refractivity contribution is 7.90. The van der Waals surface area contributed by atoms with Crippen molar-refractivity contribution in [1.29, 1.82) is 0 Å². The molecule has 0 atom stereocenters. The first-order chi connectivity index (χ1) is 12.7. The van der Waals surface area contributed by atoms with Crippen molar-refractivity contribution in [3.05, 3.63) is 24.3 Å². The van der Waals surface area contributed by atoms with Gasteiger partial charge in [-0.25, -0.2) is 13.2 Å². The number of amides is 4. The fraction of sp³-hybridized carbons (Fsp3) is 0.500. The van der Waals surface area contributed by atoms with E-state index in [1.807, 2.05) is 0 Å². The van der Waals surface area contributed by atoms with E-state index in [1.165, 1.54) is 24.3 Å². The van der Waals surface area contributed by atoms with Crippen LogP contribution in [0, 0.1) is 0 Å². The number of urea groups is 1. The van der Waals surface area contributed by atoms with Crippen LogP contribution in [0.15, 0.2) is 29.2 Å². The second kappa shape index (κ2) is 7.30. The van der Waals surface area contributed by atoms with Crippen LogP contribution in [0.5, 0.6) is 0 Å². The van der Waals surface area contributed by atoms with Gasteiger partial charge in [0.15, 0.2) is 9.84 Å². The molecule has 2 fully saturated rings. The highest BCUT2D eigenvalue weighted by Gasteiger charge is 2.50. The Morgan fingerprint density at radius 3 is 2.37 bits per heavy atom. The summed E-state index contributed by atoms with van der Waals surface area (Å²) in [4.78, 5) is 38.2. The van der Waals surface area contributed by atoms with Crippen molar-refractivity contribution in [3.8, 4) is 0 Å². The van der Waals surface area contributed by atoms with Crippen molar-refractivity contribution in [2.24, 2.45) is 0 Å². The number of imide groups is 1. The molecule has 8 nitrogen and oxygen atoms in total. The maximum atomic E-state index is 12.6. The molecule has 146 valence electrons. The molecule has 1 aromatic rings. The van der Waals surface area contributed by atoms with Gasteiger partial charge in [-0.15, -0.1) is 0 Å². The van der Waals surface area contributed by atoms with Crippen LogP contribution >= 0.6 is 0 Å². The molecular formula is C18H23N3O5S. The van der Waals surface area contributed by atoms with Gasteiger partial charge in [-0.1, -0.05) is 19.3 Å². The minimum Gasteiger partial charge on any atom is -0.326 e. The Balaban J connectivity index is 1.56. The van der Waals surface area contributed by atoms with Crippen LogP contribution in [0.2, 0.25) is 0 Å². The van der Waals surface area contributed by atoms with Crippen LogP contribution < -0.4 is 10.6 Å². The van der Waals surface area contributed by atoms with Crippen molar-refractivity contribution < 1.29 is 22.8 Å². The van der Waals surface area contributed by atoms with Gasteiger partial charge in [0.1, 0.15) is 5.54 Å². The molecule has 1 saturated carbocycles. The van der Waals surface area contributed by atoms with Crippen LogP contribution in [0.3, 0.4) is 0 Å². The molecular weight excluding hydrogens is 370 g/mol. The van der Waals surface area contributed by atoms with Crippen molar-refractivity contribution in [2.75, 3.05) is 18.1 Å². The first-order valence-electron chi connectivity index (χ1n) is 8.95. The van der Waals surface area contributed by atoms with Crippen LogP contribution in [-0.2, 0) is 19.4 Å². The van der Waals surface area contributed by atoms with Gasteiger partial charge in [-0.05, 0) is 37.1 Å². The second-order valence-corrected chi connectivity index (χ2v) is 9.14. The lowest BCUT2D eigenvalue weighted by Gasteiger charge is -2.30. The molecule has 2 N–H and O–H groups in total. The Hall–Kier alpha value is -2.42. The summed E-state index contributed by atoms with van der Waals surface area (Å²) in [6, 6.07) is 5.38. The lowest BCUT2D eigenvalue weighted by Crippen LogP contribution is -2.48. The highest BCUT2D eigenvalue weighted by Crippen LogP contribution is 2.33. The molecule has 0 aromatic heterocycles. The Labute approximate surface area is 158 Å². The van der Waals surface area contributed by atoms with Crippen LogP contribution in [-0.4, -0.2) is 49.5 Å². The molecule has 1 aliphatic heterocycles. The molecule has 0 bridgehead atoms. The largest absolute Gasteiger partial charge is 0.326 e. The average Bonchev–Trinajstić information content (AvgIpc) is 2.83. The molecule has 1 heterocycles. The average molecular weight is 393 g/mol. The molecule has 0 unspecified atom stereocenters. The number of nitrogens with zero attached hydrogens (tertiary/aromatic N) is 1. The number of benzene rings is 1. The Morgan fingerprint density at radius 1 is 1.15 bits per heavy atom. The summed E-state index contributed by atoms with van der Waals surface area (Å²) in [6.07, 6.45) is 5.25. The third-order valence-corrected chi connectivity index (χ3v) is 6.21. The number of anilines is 1.